The summed E-state index contributed by atoms with van der Waals surface area (Å²) in [4.78, 5) is 0. The standard InChI is InChI=1S/C17H23N/c1-2-5-12(6-3-1)11-18-17-10-13-9-16(17)15-8-4-7-14(13)15/h1-3,5-6,13-18H,4,7-11H2/t13-,14-,15+,16+,17-/m1/s1. The molecule has 0 unspecified atom stereocenters. The first kappa shape index (κ1) is 11.0. The van der Waals surface area contributed by atoms with Crippen LogP contribution in [0.5, 0.6) is 0 Å². The smallest absolute Gasteiger partial charge is 0.0208 e. The highest BCUT2D eigenvalue weighted by Gasteiger charge is 2.53. The number of benzene rings is 1. The molecule has 5 atom stereocenters. The zero-order valence-electron chi connectivity index (χ0n) is 11.0. The van der Waals surface area contributed by atoms with Crippen LogP contribution in [0.3, 0.4) is 0 Å². The van der Waals surface area contributed by atoms with Crippen LogP contribution in [0.15, 0.2) is 30.3 Å². The fourth-order valence-corrected chi connectivity index (χ4v) is 5.15. The topological polar surface area (TPSA) is 12.0 Å². The van der Waals surface area contributed by atoms with Gasteiger partial charge in [-0.15, -0.1) is 0 Å². The molecule has 0 aromatic heterocycles. The summed E-state index contributed by atoms with van der Waals surface area (Å²) in [6.07, 6.45) is 7.56. The van der Waals surface area contributed by atoms with Gasteiger partial charge in [-0.3, -0.25) is 0 Å². The molecular weight excluding hydrogens is 218 g/mol. The molecule has 0 amide bonds. The van der Waals surface area contributed by atoms with E-state index in [0.717, 1.165) is 36.3 Å². The van der Waals surface area contributed by atoms with Gasteiger partial charge in [-0.25, -0.2) is 0 Å². The van der Waals surface area contributed by atoms with Crippen molar-refractivity contribution in [2.24, 2.45) is 23.7 Å². The van der Waals surface area contributed by atoms with E-state index in [2.05, 4.69) is 35.6 Å². The summed E-state index contributed by atoms with van der Waals surface area (Å²) in [5.41, 5.74) is 1.43. The highest BCUT2D eigenvalue weighted by atomic mass is 14.9. The van der Waals surface area contributed by atoms with Gasteiger partial charge in [0.15, 0.2) is 0 Å². The number of rotatable bonds is 3. The molecule has 3 saturated carbocycles. The normalized spacial score (nSPS) is 41.2. The van der Waals surface area contributed by atoms with Gasteiger partial charge < -0.3 is 5.32 Å². The highest BCUT2D eigenvalue weighted by molar-refractivity contribution is 5.15. The molecule has 3 aliphatic carbocycles. The average molecular weight is 241 g/mol. The minimum Gasteiger partial charge on any atom is -0.310 e. The molecule has 18 heavy (non-hydrogen) atoms. The quantitative estimate of drug-likeness (QED) is 0.852. The lowest BCUT2D eigenvalue weighted by atomic mass is 9.79. The first-order valence-corrected chi connectivity index (χ1v) is 7.69. The van der Waals surface area contributed by atoms with E-state index in [-0.39, 0.29) is 0 Å². The van der Waals surface area contributed by atoms with Gasteiger partial charge in [0, 0.05) is 12.6 Å². The monoisotopic (exact) mass is 241 g/mol. The molecule has 1 aromatic carbocycles. The third-order valence-corrected chi connectivity index (χ3v) is 5.84. The third-order valence-electron chi connectivity index (χ3n) is 5.84. The van der Waals surface area contributed by atoms with Crippen LogP contribution in [0.2, 0.25) is 0 Å². The van der Waals surface area contributed by atoms with Crippen LogP contribution in [-0.4, -0.2) is 6.04 Å². The molecule has 0 aliphatic heterocycles. The maximum Gasteiger partial charge on any atom is 0.0208 e. The van der Waals surface area contributed by atoms with Gasteiger partial charge in [-0.05, 0) is 54.9 Å². The van der Waals surface area contributed by atoms with Gasteiger partial charge in [-0.2, -0.15) is 0 Å². The first-order chi connectivity index (χ1) is 8.92. The molecule has 0 radical (unpaired) electrons. The molecule has 3 fully saturated rings. The Labute approximate surface area is 110 Å². The molecule has 4 rings (SSSR count). The summed E-state index contributed by atoms with van der Waals surface area (Å²) in [5.74, 6) is 4.27. The van der Waals surface area contributed by atoms with Crippen molar-refractivity contribution in [3.8, 4) is 0 Å². The summed E-state index contributed by atoms with van der Waals surface area (Å²) < 4.78 is 0. The third kappa shape index (κ3) is 1.72. The van der Waals surface area contributed by atoms with E-state index in [4.69, 9.17) is 0 Å². The molecule has 0 saturated heterocycles. The van der Waals surface area contributed by atoms with Gasteiger partial charge in [0.2, 0.25) is 0 Å². The van der Waals surface area contributed by atoms with Crippen LogP contribution in [0.4, 0.5) is 0 Å². The highest BCUT2D eigenvalue weighted by Crippen LogP contribution is 2.58. The second-order valence-corrected chi connectivity index (χ2v) is 6.63. The maximum atomic E-state index is 3.84. The van der Waals surface area contributed by atoms with E-state index in [1.165, 1.54) is 37.7 Å². The minimum atomic E-state index is 0.814. The molecule has 0 heterocycles. The van der Waals surface area contributed by atoms with E-state index in [0.29, 0.717) is 0 Å². The van der Waals surface area contributed by atoms with Crippen molar-refractivity contribution in [2.45, 2.75) is 44.7 Å². The molecule has 1 aromatic rings. The Morgan fingerprint density at radius 3 is 2.67 bits per heavy atom. The van der Waals surface area contributed by atoms with E-state index < -0.39 is 0 Å². The van der Waals surface area contributed by atoms with E-state index >= 15 is 0 Å². The number of hydrogen-bond acceptors (Lipinski definition) is 1. The zero-order valence-corrected chi connectivity index (χ0v) is 11.0. The molecule has 0 spiro atoms. The van der Waals surface area contributed by atoms with E-state index in [1.807, 2.05) is 0 Å². The molecule has 96 valence electrons. The van der Waals surface area contributed by atoms with Gasteiger partial charge >= 0.3 is 0 Å². The average Bonchev–Trinajstić information content (AvgIpc) is 3.09. The Kier molecular flexibility index (Phi) is 2.69. The zero-order chi connectivity index (χ0) is 11.9. The van der Waals surface area contributed by atoms with Crippen molar-refractivity contribution >= 4 is 0 Å². The molecule has 1 nitrogen and oxygen atoms in total. The lowest BCUT2D eigenvalue weighted by molar-refractivity contribution is 0.208. The largest absolute Gasteiger partial charge is 0.310 e. The lowest BCUT2D eigenvalue weighted by Crippen LogP contribution is -2.38. The Balaban J connectivity index is 1.40. The second-order valence-electron chi connectivity index (χ2n) is 6.63. The Bertz CT molecular complexity index is 413. The summed E-state index contributed by atoms with van der Waals surface area (Å²) in [6, 6.07) is 11.7. The number of fused-ring (bicyclic) bond motifs is 5. The van der Waals surface area contributed by atoms with Crippen molar-refractivity contribution in [2.75, 3.05) is 0 Å². The lowest BCUT2D eigenvalue weighted by Gasteiger charge is -2.32. The predicted octanol–water partition coefficient (Wildman–Crippen LogP) is 3.60. The minimum absolute atomic E-state index is 0.814. The molecule has 2 bridgehead atoms. The summed E-state index contributed by atoms with van der Waals surface area (Å²) in [5, 5.41) is 3.84. The van der Waals surface area contributed by atoms with Crippen LogP contribution < -0.4 is 5.32 Å². The Morgan fingerprint density at radius 2 is 1.78 bits per heavy atom. The molecule has 1 heteroatoms. The van der Waals surface area contributed by atoms with Crippen LogP contribution in [0.1, 0.15) is 37.7 Å². The van der Waals surface area contributed by atoms with Crippen LogP contribution in [0, 0.1) is 23.7 Å². The summed E-state index contributed by atoms with van der Waals surface area (Å²) >= 11 is 0. The summed E-state index contributed by atoms with van der Waals surface area (Å²) in [6.45, 7) is 1.06. The fourth-order valence-electron chi connectivity index (χ4n) is 5.15. The van der Waals surface area contributed by atoms with Gasteiger partial charge in [0.05, 0.1) is 0 Å². The Morgan fingerprint density at radius 1 is 0.944 bits per heavy atom. The number of hydrogen-bond donors (Lipinski definition) is 1. The van der Waals surface area contributed by atoms with Crippen molar-refractivity contribution < 1.29 is 0 Å². The van der Waals surface area contributed by atoms with Crippen LogP contribution in [-0.2, 0) is 6.54 Å². The second kappa shape index (κ2) is 4.38. The van der Waals surface area contributed by atoms with Gasteiger partial charge in [0.25, 0.3) is 0 Å². The van der Waals surface area contributed by atoms with Crippen LogP contribution in [0.25, 0.3) is 0 Å². The van der Waals surface area contributed by atoms with E-state index in [9.17, 15) is 0 Å². The number of nitrogens with one attached hydrogen (secondary N) is 1. The van der Waals surface area contributed by atoms with Crippen molar-refractivity contribution in [1.82, 2.24) is 5.32 Å². The molecule has 1 N–H and O–H groups in total. The Hall–Kier alpha value is -0.820. The van der Waals surface area contributed by atoms with Gasteiger partial charge in [0.1, 0.15) is 0 Å². The van der Waals surface area contributed by atoms with Crippen LogP contribution >= 0.6 is 0 Å². The van der Waals surface area contributed by atoms with Crippen molar-refractivity contribution in [3.63, 3.8) is 0 Å². The fraction of sp³-hybridized carbons (Fsp3) is 0.647. The SMILES string of the molecule is c1ccc(CN[C@@H]2C[C@H]3C[C@H]2[C@H]2CCC[C@H]32)cc1. The first-order valence-electron chi connectivity index (χ1n) is 7.69. The van der Waals surface area contributed by atoms with Gasteiger partial charge in [-0.1, -0.05) is 36.8 Å². The van der Waals surface area contributed by atoms with E-state index in [1.54, 1.807) is 0 Å². The molecule has 3 aliphatic rings. The van der Waals surface area contributed by atoms with Crippen molar-refractivity contribution in [3.05, 3.63) is 35.9 Å². The van der Waals surface area contributed by atoms with Crippen molar-refractivity contribution in [1.29, 1.82) is 0 Å². The molecular formula is C17H23N. The predicted molar refractivity (Wildman–Crippen MR) is 74.1 cm³/mol. The maximum absolute atomic E-state index is 3.84. The summed E-state index contributed by atoms with van der Waals surface area (Å²) in [7, 11) is 0.